The first-order valence-electron chi connectivity index (χ1n) is 7.16. The molecule has 3 atom stereocenters. The Hall–Kier alpha value is -1.83. The van der Waals surface area contributed by atoms with Gasteiger partial charge in [-0.25, -0.2) is 14.4 Å². The lowest BCUT2D eigenvalue weighted by Gasteiger charge is -2.34. The van der Waals surface area contributed by atoms with E-state index in [4.69, 9.17) is 24.5 Å². The van der Waals surface area contributed by atoms with Crippen molar-refractivity contribution in [1.29, 1.82) is 0 Å². The Kier molecular flexibility index (Phi) is 5.39. The molecule has 2 bridgehead atoms. The average Bonchev–Trinajstić information content (AvgIpc) is 2.85. The van der Waals surface area contributed by atoms with Crippen LogP contribution < -0.4 is 10.6 Å². The number of nitrogens with one attached hydrogen (secondary N) is 2. The van der Waals surface area contributed by atoms with Crippen LogP contribution in [0.15, 0.2) is 0 Å². The molecule has 22 heavy (non-hydrogen) atoms. The highest BCUT2D eigenvalue weighted by Gasteiger charge is 2.49. The topological polar surface area (TPSA) is 125 Å². The number of carbonyl (C=O) groups excluding carboxylic acids is 1. The standard InChI is InChI=1S/C12H22N2O2.C2H2O4/c1-11(2,3)16-10(15)14-12(4)7-8-5-6-9(12)13-8;3-1(4)2(5)6/h8-9,13H,5-7H2,1-4H3,(H,14,15);(H,3,4)(H,5,6)/t8-,9+,12?;/m0./s1. The Morgan fingerprint density at radius 3 is 2.05 bits per heavy atom. The van der Waals surface area contributed by atoms with Crippen LogP contribution in [0.1, 0.15) is 47.0 Å². The summed E-state index contributed by atoms with van der Waals surface area (Å²) in [7, 11) is 0. The molecule has 2 heterocycles. The first kappa shape index (κ1) is 18.2. The van der Waals surface area contributed by atoms with Gasteiger partial charge in [-0.1, -0.05) is 0 Å². The third-order valence-electron chi connectivity index (χ3n) is 3.65. The number of carbonyl (C=O) groups is 3. The number of aliphatic carboxylic acids is 2. The van der Waals surface area contributed by atoms with Crippen LogP contribution in [0, 0.1) is 0 Å². The molecule has 4 N–H and O–H groups in total. The van der Waals surface area contributed by atoms with E-state index in [1.54, 1.807) is 0 Å². The molecule has 2 fully saturated rings. The van der Waals surface area contributed by atoms with Gasteiger partial charge in [0.1, 0.15) is 5.60 Å². The van der Waals surface area contributed by atoms with Gasteiger partial charge in [0.25, 0.3) is 0 Å². The zero-order valence-corrected chi connectivity index (χ0v) is 13.3. The van der Waals surface area contributed by atoms with Gasteiger partial charge in [-0.2, -0.15) is 0 Å². The molecule has 2 aliphatic rings. The minimum atomic E-state index is -1.82. The molecule has 126 valence electrons. The summed E-state index contributed by atoms with van der Waals surface area (Å²) in [5.41, 5.74) is -0.559. The Morgan fingerprint density at radius 2 is 1.73 bits per heavy atom. The fraction of sp³-hybridized carbons (Fsp3) is 0.786. The van der Waals surface area contributed by atoms with Gasteiger partial charge in [0.05, 0.1) is 5.54 Å². The largest absolute Gasteiger partial charge is 0.473 e. The Bertz CT molecular complexity index is 447. The maximum atomic E-state index is 11.7. The zero-order chi connectivity index (χ0) is 17.1. The second kappa shape index (κ2) is 6.51. The minimum absolute atomic E-state index is 0.134. The van der Waals surface area contributed by atoms with Crippen molar-refractivity contribution in [2.24, 2.45) is 0 Å². The summed E-state index contributed by atoms with van der Waals surface area (Å²) in [6, 6.07) is 0.981. The molecule has 8 heteroatoms. The second-order valence-corrected chi connectivity index (χ2v) is 6.85. The van der Waals surface area contributed by atoms with Crippen molar-refractivity contribution in [2.45, 2.75) is 70.2 Å². The van der Waals surface area contributed by atoms with E-state index >= 15 is 0 Å². The van der Waals surface area contributed by atoms with E-state index in [1.807, 2.05) is 20.8 Å². The van der Waals surface area contributed by atoms with Gasteiger partial charge in [-0.15, -0.1) is 0 Å². The summed E-state index contributed by atoms with van der Waals surface area (Å²) in [6.07, 6.45) is 3.09. The first-order chi connectivity index (χ1) is 9.93. The Balaban J connectivity index is 0.000000346. The van der Waals surface area contributed by atoms with Gasteiger partial charge in [0.15, 0.2) is 0 Å². The van der Waals surface area contributed by atoms with Gasteiger partial charge < -0.3 is 25.6 Å². The highest BCUT2D eigenvalue weighted by Crippen LogP contribution is 2.36. The number of fused-ring (bicyclic) bond motifs is 2. The third kappa shape index (κ3) is 5.18. The normalized spacial score (nSPS) is 29.3. The molecule has 0 aromatic heterocycles. The lowest BCUT2D eigenvalue weighted by Crippen LogP contribution is -2.54. The summed E-state index contributed by atoms with van der Waals surface area (Å²) in [6.45, 7) is 7.75. The van der Waals surface area contributed by atoms with E-state index < -0.39 is 17.5 Å². The van der Waals surface area contributed by atoms with Crippen LogP contribution in [-0.2, 0) is 14.3 Å². The molecule has 1 amide bonds. The van der Waals surface area contributed by atoms with Crippen molar-refractivity contribution < 1.29 is 29.3 Å². The van der Waals surface area contributed by atoms with Crippen molar-refractivity contribution in [1.82, 2.24) is 10.6 Å². The van der Waals surface area contributed by atoms with E-state index in [2.05, 4.69) is 17.6 Å². The second-order valence-electron chi connectivity index (χ2n) is 6.85. The van der Waals surface area contributed by atoms with E-state index in [9.17, 15) is 4.79 Å². The third-order valence-corrected chi connectivity index (χ3v) is 3.65. The van der Waals surface area contributed by atoms with Crippen molar-refractivity contribution in [3.05, 3.63) is 0 Å². The van der Waals surface area contributed by atoms with E-state index in [0.29, 0.717) is 12.1 Å². The van der Waals surface area contributed by atoms with Gasteiger partial charge >= 0.3 is 18.0 Å². The summed E-state index contributed by atoms with van der Waals surface area (Å²) in [5, 5.41) is 21.3. The number of ether oxygens (including phenoxy) is 1. The first-order valence-corrected chi connectivity index (χ1v) is 7.16. The molecule has 0 radical (unpaired) electrons. The van der Waals surface area contributed by atoms with Crippen molar-refractivity contribution >= 4 is 18.0 Å². The average molecular weight is 316 g/mol. The van der Waals surface area contributed by atoms with Crippen LogP contribution in [-0.4, -0.2) is 51.5 Å². The maximum Gasteiger partial charge on any atom is 0.414 e. The fourth-order valence-corrected chi connectivity index (χ4v) is 2.81. The zero-order valence-electron chi connectivity index (χ0n) is 13.3. The molecule has 0 aromatic rings. The van der Waals surface area contributed by atoms with E-state index in [1.165, 1.54) is 6.42 Å². The summed E-state index contributed by atoms with van der Waals surface area (Å²) >= 11 is 0. The Morgan fingerprint density at radius 1 is 1.18 bits per heavy atom. The van der Waals surface area contributed by atoms with Crippen LogP contribution >= 0.6 is 0 Å². The van der Waals surface area contributed by atoms with Crippen LogP contribution in [0.3, 0.4) is 0 Å². The smallest absolute Gasteiger partial charge is 0.414 e. The molecule has 0 saturated carbocycles. The molecule has 2 aliphatic heterocycles. The SMILES string of the molecule is CC(C)(C)OC(=O)NC1(C)C[C@@H]2CC[C@H]1N2.O=C(O)C(=O)O. The van der Waals surface area contributed by atoms with Gasteiger partial charge in [0, 0.05) is 12.1 Å². The number of hydrogen-bond donors (Lipinski definition) is 4. The van der Waals surface area contributed by atoms with Gasteiger partial charge in [-0.05, 0) is 47.0 Å². The number of alkyl carbamates (subject to hydrolysis) is 1. The van der Waals surface area contributed by atoms with Gasteiger partial charge in [0.2, 0.25) is 0 Å². The number of carboxylic acids is 2. The van der Waals surface area contributed by atoms with Crippen molar-refractivity contribution in [3.8, 4) is 0 Å². The fourth-order valence-electron chi connectivity index (χ4n) is 2.81. The van der Waals surface area contributed by atoms with Crippen molar-refractivity contribution in [2.75, 3.05) is 0 Å². The van der Waals surface area contributed by atoms with Crippen LogP contribution in [0.4, 0.5) is 4.79 Å². The number of rotatable bonds is 1. The molecule has 2 rings (SSSR count). The summed E-state index contributed by atoms with van der Waals surface area (Å²) < 4.78 is 5.29. The van der Waals surface area contributed by atoms with Crippen LogP contribution in [0.5, 0.6) is 0 Å². The molecule has 0 aliphatic carbocycles. The molecule has 1 unspecified atom stereocenters. The Labute approximate surface area is 129 Å². The maximum absolute atomic E-state index is 11.7. The summed E-state index contributed by atoms with van der Waals surface area (Å²) in [4.78, 5) is 29.9. The van der Waals surface area contributed by atoms with Gasteiger partial charge in [-0.3, -0.25) is 0 Å². The predicted molar refractivity (Wildman–Crippen MR) is 77.6 cm³/mol. The van der Waals surface area contributed by atoms with Crippen LogP contribution in [0.2, 0.25) is 0 Å². The molecule has 8 nitrogen and oxygen atoms in total. The molecule has 0 spiro atoms. The predicted octanol–water partition coefficient (Wildman–Crippen LogP) is 0.950. The number of carboxylic acid groups (broad SMARTS) is 2. The van der Waals surface area contributed by atoms with E-state index in [0.717, 1.165) is 12.8 Å². The lowest BCUT2D eigenvalue weighted by atomic mass is 9.83. The highest BCUT2D eigenvalue weighted by molar-refractivity contribution is 6.27. The minimum Gasteiger partial charge on any atom is -0.473 e. The highest BCUT2D eigenvalue weighted by atomic mass is 16.6. The number of amides is 1. The number of hydrogen-bond acceptors (Lipinski definition) is 5. The molecule has 0 aromatic carbocycles. The van der Waals surface area contributed by atoms with Crippen molar-refractivity contribution in [3.63, 3.8) is 0 Å². The monoisotopic (exact) mass is 316 g/mol. The van der Waals surface area contributed by atoms with Crippen LogP contribution in [0.25, 0.3) is 0 Å². The quantitative estimate of drug-likeness (QED) is 0.531. The lowest BCUT2D eigenvalue weighted by molar-refractivity contribution is -0.159. The van der Waals surface area contributed by atoms with E-state index in [-0.39, 0.29) is 11.6 Å². The summed E-state index contributed by atoms with van der Waals surface area (Å²) in [5.74, 6) is -3.65. The molecule has 2 saturated heterocycles. The molecular weight excluding hydrogens is 292 g/mol. The molecular formula is C14H24N2O6.